The van der Waals surface area contributed by atoms with Crippen LogP contribution in [0.1, 0.15) is 92.7 Å². The Labute approximate surface area is 356 Å². The molecule has 2 aromatic rings. The Morgan fingerprint density at radius 1 is 1.08 bits per heavy atom. The van der Waals surface area contributed by atoms with Crippen molar-refractivity contribution in [1.29, 1.82) is 0 Å². The van der Waals surface area contributed by atoms with Crippen LogP contribution in [-0.2, 0) is 42.9 Å². The highest BCUT2D eigenvalue weighted by molar-refractivity contribution is 7.14. The number of aromatic nitrogens is 3. The van der Waals surface area contributed by atoms with E-state index in [-0.39, 0.29) is 30.8 Å². The number of pyridine rings is 1. The lowest BCUT2D eigenvalue weighted by molar-refractivity contribution is -0.296. The lowest BCUT2D eigenvalue weighted by Gasteiger charge is -2.48. The molecule has 0 bridgehead atoms. The van der Waals surface area contributed by atoms with Crippen molar-refractivity contribution in [3.05, 3.63) is 29.4 Å². The maximum absolute atomic E-state index is 14.4. The quantitative estimate of drug-likeness (QED) is 0.101. The highest BCUT2D eigenvalue weighted by Gasteiger charge is 2.62. The summed E-state index contributed by atoms with van der Waals surface area (Å²) in [5.74, 6) is -7.89. The average Bonchev–Trinajstić information content (AvgIpc) is 3.83. The number of carbonyl (C=O) groups excluding carboxylic acids is 3. The summed E-state index contributed by atoms with van der Waals surface area (Å²) >= 11 is 1.27. The minimum absolute atomic E-state index is 0.151. The zero-order valence-electron chi connectivity index (χ0n) is 36.8. The van der Waals surface area contributed by atoms with Crippen LogP contribution >= 0.6 is 11.3 Å². The number of methoxy groups -OCH3 is 1. The lowest BCUT2D eigenvalue weighted by atomic mass is 9.66. The molecule has 5 rings (SSSR count). The second kappa shape index (κ2) is 19.2. The third-order valence-corrected chi connectivity index (χ3v) is 14.0. The molecule has 3 aliphatic heterocycles. The number of hydrogen-bond acceptors (Lipinski definition) is 17. The van der Waals surface area contributed by atoms with Gasteiger partial charge in [-0.3, -0.25) is 19.4 Å². The van der Waals surface area contributed by atoms with Crippen molar-refractivity contribution in [3.63, 3.8) is 0 Å². The fourth-order valence-corrected chi connectivity index (χ4v) is 10.2. The van der Waals surface area contributed by atoms with Gasteiger partial charge in [-0.2, -0.15) is 0 Å². The molecule has 3 aliphatic rings. The number of esters is 2. The monoisotopic (exact) mass is 860 g/mol. The molecular weight excluding hydrogens is 797 g/mol. The second-order valence-electron chi connectivity index (χ2n) is 17.5. The van der Waals surface area contributed by atoms with E-state index < -0.39 is 101 Å². The first kappa shape index (κ1) is 47.4. The molecule has 0 aromatic carbocycles. The van der Waals surface area contributed by atoms with E-state index in [0.717, 1.165) is 0 Å². The number of ketones is 1. The lowest BCUT2D eigenvalue weighted by Crippen LogP contribution is -2.59. The highest BCUT2D eigenvalue weighted by atomic mass is 32.1. The third-order valence-electron chi connectivity index (χ3n) is 12.9. The summed E-state index contributed by atoms with van der Waals surface area (Å²) in [5, 5.41) is 37.5. The molecule has 0 spiro atoms. The zero-order chi connectivity index (χ0) is 44.4. The van der Waals surface area contributed by atoms with Gasteiger partial charge in [0.2, 0.25) is 0 Å². The van der Waals surface area contributed by atoms with Gasteiger partial charge in [-0.15, -0.1) is 10.2 Å². The smallest absolute Gasteiger partial charge is 0.317 e. The molecule has 4 N–H and O–H groups in total. The molecule has 0 aliphatic carbocycles. The first-order valence-corrected chi connectivity index (χ1v) is 21.6. The van der Waals surface area contributed by atoms with Crippen molar-refractivity contribution in [1.82, 2.24) is 20.1 Å². The predicted octanol–water partition coefficient (Wildman–Crippen LogP) is 3.91. The van der Waals surface area contributed by atoms with Crippen LogP contribution in [0.3, 0.4) is 0 Å². The van der Waals surface area contributed by atoms with Crippen LogP contribution in [-0.4, -0.2) is 129 Å². The molecule has 0 amide bonds. The number of ether oxygens (including phenoxy) is 5. The molecule has 1 unspecified atom stereocenters. The van der Waals surface area contributed by atoms with E-state index in [0.29, 0.717) is 22.1 Å². The summed E-state index contributed by atoms with van der Waals surface area (Å²) in [6.07, 6.45) is -3.86. The van der Waals surface area contributed by atoms with Gasteiger partial charge in [-0.1, -0.05) is 50.3 Å². The van der Waals surface area contributed by atoms with E-state index >= 15 is 0 Å². The normalized spacial score (nSPS) is 39.1. The largest absolute Gasteiger partial charge is 0.458 e. The van der Waals surface area contributed by atoms with Crippen LogP contribution in [0.5, 0.6) is 0 Å². The average molecular weight is 861 g/mol. The summed E-state index contributed by atoms with van der Waals surface area (Å²) in [4.78, 5) is 54.4. The van der Waals surface area contributed by atoms with Crippen molar-refractivity contribution in [2.24, 2.45) is 46.4 Å². The number of fused-ring (bicyclic) bond motifs is 1. The van der Waals surface area contributed by atoms with Crippen LogP contribution in [0.2, 0.25) is 0 Å². The fraction of sp³-hybridized carbons (Fsp3) is 0.738. The maximum atomic E-state index is 14.4. The van der Waals surface area contributed by atoms with Crippen LogP contribution in [0, 0.1) is 35.5 Å². The van der Waals surface area contributed by atoms with Crippen LogP contribution in [0.15, 0.2) is 29.6 Å². The molecule has 0 saturated carbocycles. The Morgan fingerprint density at radius 2 is 1.78 bits per heavy atom. The van der Waals surface area contributed by atoms with E-state index in [1.807, 2.05) is 45.0 Å². The number of aliphatic hydroxyl groups is 2. The van der Waals surface area contributed by atoms with E-state index in [1.54, 1.807) is 53.8 Å². The van der Waals surface area contributed by atoms with Gasteiger partial charge in [0.05, 0.1) is 23.9 Å². The Balaban J connectivity index is 1.50. The molecule has 5 heterocycles. The third kappa shape index (κ3) is 9.54. The Hall–Kier alpha value is -3.65. The molecule has 18 heteroatoms. The molecule has 0 radical (unpaired) electrons. The van der Waals surface area contributed by atoms with Gasteiger partial charge in [-0.05, 0) is 91.9 Å². The fourth-order valence-electron chi connectivity index (χ4n) is 9.37. The van der Waals surface area contributed by atoms with E-state index in [2.05, 4.69) is 20.3 Å². The minimum atomic E-state index is -1.52. The number of likely N-dealkylation sites (N-methyl/N-ethyl adjacent to an activating group) is 1. The van der Waals surface area contributed by atoms with Crippen molar-refractivity contribution >= 4 is 34.9 Å². The summed E-state index contributed by atoms with van der Waals surface area (Å²) in [5.41, 5.74) is 4.49. The van der Waals surface area contributed by atoms with Crippen LogP contribution in [0.4, 0.5) is 0 Å². The number of oxime groups is 1. The zero-order valence-corrected chi connectivity index (χ0v) is 37.6. The number of amidine groups is 1. The predicted molar refractivity (Wildman–Crippen MR) is 221 cm³/mol. The summed E-state index contributed by atoms with van der Waals surface area (Å²) < 4.78 is 31.2. The van der Waals surface area contributed by atoms with E-state index in [9.17, 15) is 24.6 Å². The van der Waals surface area contributed by atoms with E-state index in [4.69, 9.17) is 34.3 Å². The maximum Gasteiger partial charge on any atom is 0.317 e. The van der Waals surface area contributed by atoms with Crippen molar-refractivity contribution in [2.45, 2.75) is 142 Å². The van der Waals surface area contributed by atoms with Gasteiger partial charge in [0.1, 0.15) is 29.7 Å². The van der Waals surface area contributed by atoms with E-state index in [1.165, 1.54) is 25.4 Å². The number of carbonyl (C=O) groups is 3. The number of hydrogen-bond donors (Lipinski definition) is 3. The molecule has 2 aromatic heterocycles. The van der Waals surface area contributed by atoms with Crippen molar-refractivity contribution in [2.75, 3.05) is 21.2 Å². The number of aliphatic hydroxyl groups excluding tert-OH is 2. The van der Waals surface area contributed by atoms with Gasteiger partial charge in [0.25, 0.3) is 0 Å². The van der Waals surface area contributed by atoms with Crippen molar-refractivity contribution < 1.29 is 53.1 Å². The first-order chi connectivity index (χ1) is 28.2. The SMILES string of the molecule is CC[C@@H]1OC(=O)[C@H](C)C(=O)[C@H](C)[C@@H](O[C@@H]2O[C@H](C)C[C@H](N(C)C)[C@H]2O)[C@](C)(OC)C[C@@H](C)C(O)[C@H](C)[C@H]2[C@H](/C(N)=N/O[C@@H](C)c3nnc(-c4ccccn4)s3)C(=O)O[C@@]21C. The summed E-state index contributed by atoms with van der Waals surface area (Å²) in [6.45, 7) is 15.6. The highest BCUT2D eigenvalue weighted by Crippen LogP contribution is 2.49. The molecule has 17 nitrogen and oxygen atoms in total. The van der Waals surface area contributed by atoms with Gasteiger partial charge in [0, 0.05) is 31.2 Å². The first-order valence-electron chi connectivity index (χ1n) is 20.8. The van der Waals surface area contributed by atoms with Gasteiger partial charge >= 0.3 is 11.9 Å². The number of rotatable bonds is 10. The molecular formula is C42H64N6O11S. The molecule has 3 saturated heterocycles. The van der Waals surface area contributed by atoms with Gasteiger partial charge in [-0.25, -0.2) is 0 Å². The summed E-state index contributed by atoms with van der Waals surface area (Å²) in [7, 11) is 5.22. The molecule has 334 valence electrons. The van der Waals surface area contributed by atoms with Gasteiger partial charge in [0.15, 0.2) is 39.6 Å². The molecule has 3 fully saturated rings. The van der Waals surface area contributed by atoms with Crippen molar-refractivity contribution in [3.8, 4) is 10.7 Å². The second-order valence-corrected chi connectivity index (χ2v) is 18.5. The minimum Gasteiger partial charge on any atom is -0.458 e. The number of nitrogens with two attached hydrogens (primary N) is 1. The Morgan fingerprint density at radius 3 is 2.40 bits per heavy atom. The Bertz CT molecular complexity index is 1840. The topological polar surface area (TPSA) is 227 Å². The summed E-state index contributed by atoms with van der Waals surface area (Å²) in [6, 6.07) is 5.17. The van der Waals surface area contributed by atoms with Crippen LogP contribution in [0.25, 0.3) is 10.7 Å². The standard InChI is InChI=1S/C42H64N6O11S/c1-13-28-42(9)30(29(39(53)58-42)35(43)47-59-25(7)36-45-46-37(60-36)26-16-14-15-17-44-26)22(4)31(49)20(2)19-41(8,54-12)34(23(5)32(50)24(6)38(52)56-28)57-40-33(51)27(48(10)11)18-21(3)55-40/h14-17,20-25,27-31,33-34,40,49,51H,13,18-19H2,1-12H3,(H2,43,47)/t20-,21-,22-,23+,24-,25+,27+,28+,29-,30+,31?,33-,34-,40+,41-,42-/m1/s1. The molecule has 16 atom stereocenters. The molecule has 60 heavy (non-hydrogen) atoms. The van der Waals surface area contributed by atoms with Crippen LogP contribution < -0.4 is 5.73 Å². The van der Waals surface area contributed by atoms with Gasteiger partial charge < -0.3 is 49.4 Å². The number of nitrogens with zero attached hydrogens (tertiary/aromatic N) is 5. The number of Topliss-reactive ketones (excluding diaryl/α,β-unsaturated/α-hetero) is 1. The number of cyclic esters (lactones) is 1. The Kier molecular flexibility index (Phi) is 15.1.